The summed E-state index contributed by atoms with van der Waals surface area (Å²) in [5.41, 5.74) is 4.11. The van der Waals surface area contributed by atoms with Crippen LogP contribution < -0.4 is 4.90 Å². The Morgan fingerprint density at radius 1 is 0.943 bits per heavy atom. The van der Waals surface area contributed by atoms with Crippen molar-refractivity contribution >= 4 is 28.4 Å². The fraction of sp³-hybridized carbons (Fsp3) is 0.429. The van der Waals surface area contributed by atoms with E-state index >= 15 is 0 Å². The zero-order valence-electron chi connectivity index (χ0n) is 20.4. The number of amides is 1. The van der Waals surface area contributed by atoms with Crippen LogP contribution >= 0.6 is 0 Å². The van der Waals surface area contributed by atoms with Gasteiger partial charge in [0.1, 0.15) is 5.82 Å². The average molecular weight is 469 g/mol. The number of piperazine rings is 1. The van der Waals surface area contributed by atoms with Crippen LogP contribution in [0.3, 0.4) is 0 Å². The first-order valence-electron chi connectivity index (χ1n) is 12.9. The van der Waals surface area contributed by atoms with Crippen LogP contribution in [0.4, 0.5) is 5.95 Å². The molecular formula is C28H32N6O. The maximum atomic E-state index is 12.9. The lowest BCUT2D eigenvalue weighted by atomic mass is 9.89. The van der Waals surface area contributed by atoms with Gasteiger partial charge in [0.25, 0.3) is 0 Å². The van der Waals surface area contributed by atoms with Crippen LogP contribution in [0.25, 0.3) is 16.6 Å². The van der Waals surface area contributed by atoms with Gasteiger partial charge < -0.3 is 9.80 Å². The molecule has 2 aromatic carbocycles. The van der Waals surface area contributed by atoms with E-state index in [9.17, 15) is 4.79 Å². The van der Waals surface area contributed by atoms with E-state index in [1.54, 1.807) is 0 Å². The Morgan fingerprint density at radius 3 is 2.49 bits per heavy atom. The van der Waals surface area contributed by atoms with Crippen molar-refractivity contribution in [3.63, 3.8) is 0 Å². The lowest BCUT2D eigenvalue weighted by Gasteiger charge is -2.36. The number of anilines is 1. The summed E-state index contributed by atoms with van der Waals surface area (Å²) in [7, 11) is 0. The van der Waals surface area contributed by atoms with Gasteiger partial charge in [0.15, 0.2) is 5.65 Å². The van der Waals surface area contributed by atoms with E-state index in [-0.39, 0.29) is 5.91 Å². The maximum absolute atomic E-state index is 12.9. The van der Waals surface area contributed by atoms with Gasteiger partial charge in [-0.2, -0.15) is 0 Å². The van der Waals surface area contributed by atoms with Crippen LogP contribution in [0, 0.1) is 6.92 Å². The molecular weight excluding hydrogens is 436 g/mol. The van der Waals surface area contributed by atoms with Gasteiger partial charge in [0.05, 0.1) is 11.9 Å². The molecule has 0 spiro atoms. The van der Waals surface area contributed by atoms with E-state index in [1.807, 2.05) is 35.2 Å². The molecule has 1 amide bonds. The van der Waals surface area contributed by atoms with Gasteiger partial charge in [-0.1, -0.05) is 61.2 Å². The predicted molar refractivity (Wildman–Crippen MR) is 138 cm³/mol. The fourth-order valence-electron chi connectivity index (χ4n) is 5.63. The van der Waals surface area contributed by atoms with Crippen LogP contribution in [0.15, 0.2) is 48.5 Å². The summed E-state index contributed by atoms with van der Waals surface area (Å²) in [5, 5.41) is 10.5. The van der Waals surface area contributed by atoms with Crippen molar-refractivity contribution < 1.29 is 4.79 Å². The van der Waals surface area contributed by atoms with Gasteiger partial charge in [0.2, 0.25) is 11.9 Å². The summed E-state index contributed by atoms with van der Waals surface area (Å²) in [6.45, 7) is 5.00. The fourth-order valence-corrected chi connectivity index (χ4v) is 5.63. The largest absolute Gasteiger partial charge is 0.339 e. The number of rotatable bonds is 4. The quantitative estimate of drug-likeness (QED) is 0.440. The number of aryl methyl sites for hydroxylation is 1. The van der Waals surface area contributed by atoms with Crippen molar-refractivity contribution in [3.8, 4) is 0 Å². The number of carbonyl (C=O) groups excluding carboxylic acids is 1. The summed E-state index contributed by atoms with van der Waals surface area (Å²) >= 11 is 0. The third kappa shape index (κ3) is 4.24. The van der Waals surface area contributed by atoms with Crippen molar-refractivity contribution in [3.05, 3.63) is 65.5 Å². The van der Waals surface area contributed by atoms with Crippen molar-refractivity contribution in [2.45, 2.75) is 51.4 Å². The molecule has 2 aromatic heterocycles. The van der Waals surface area contributed by atoms with Gasteiger partial charge in [0, 0.05) is 37.5 Å². The van der Waals surface area contributed by atoms with Gasteiger partial charge >= 0.3 is 0 Å². The summed E-state index contributed by atoms with van der Waals surface area (Å²) in [4.78, 5) is 22.4. The molecule has 0 unspecified atom stereocenters. The second kappa shape index (κ2) is 9.29. The van der Waals surface area contributed by atoms with Crippen molar-refractivity contribution in [2.24, 2.45) is 0 Å². The Balaban J connectivity index is 1.31. The Kier molecular flexibility index (Phi) is 5.84. The number of carbonyl (C=O) groups is 1. The van der Waals surface area contributed by atoms with E-state index in [2.05, 4.69) is 34.4 Å². The Hall–Kier alpha value is -3.48. The first kappa shape index (κ1) is 22.0. The third-order valence-corrected chi connectivity index (χ3v) is 7.59. The zero-order valence-corrected chi connectivity index (χ0v) is 20.4. The standard InChI is InChI=1S/C28H32N6O/c1-20-12-13-24-23(18-20)27-31-30-26(22-10-6-3-7-11-22)34(27)28(29-24)33-16-14-32(15-17-33)25(35)19-21-8-4-2-5-9-21/h2,4-5,8-9,12-13,18,22H,3,6-7,10-11,14-17,19H2,1H3. The number of hydrogen-bond acceptors (Lipinski definition) is 5. The molecule has 1 aliphatic carbocycles. The molecule has 7 nitrogen and oxygen atoms in total. The number of benzene rings is 2. The van der Waals surface area contributed by atoms with Crippen molar-refractivity contribution in [1.29, 1.82) is 0 Å². The molecule has 1 saturated heterocycles. The first-order chi connectivity index (χ1) is 17.2. The van der Waals surface area contributed by atoms with Crippen LogP contribution in [0.1, 0.15) is 55.0 Å². The highest BCUT2D eigenvalue weighted by molar-refractivity contribution is 5.93. The summed E-state index contributed by atoms with van der Waals surface area (Å²) in [5.74, 6) is 2.58. The zero-order chi connectivity index (χ0) is 23.8. The number of aromatic nitrogens is 4. The smallest absolute Gasteiger partial charge is 0.227 e. The third-order valence-electron chi connectivity index (χ3n) is 7.59. The van der Waals surface area contributed by atoms with Gasteiger partial charge in [-0.3, -0.25) is 4.79 Å². The molecule has 1 saturated carbocycles. The predicted octanol–water partition coefficient (Wildman–Crippen LogP) is 4.52. The monoisotopic (exact) mass is 468 g/mol. The molecule has 0 N–H and O–H groups in total. The number of hydrogen-bond donors (Lipinski definition) is 0. The topological polar surface area (TPSA) is 66.6 Å². The molecule has 6 rings (SSSR count). The van der Waals surface area contributed by atoms with Gasteiger partial charge in [-0.15, -0.1) is 10.2 Å². The molecule has 4 aromatic rings. The number of nitrogens with zero attached hydrogens (tertiary/aromatic N) is 6. The SMILES string of the molecule is Cc1ccc2nc(N3CCN(C(=O)Cc4ccccc4)CC3)n3c(C4CCCCC4)nnc3c2c1. The minimum atomic E-state index is 0.190. The molecule has 0 bridgehead atoms. The molecule has 35 heavy (non-hydrogen) atoms. The molecule has 3 heterocycles. The Morgan fingerprint density at radius 2 is 1.71 bits per heavy atom. The van der Waals surface area contributed by atoms with Crippen LogP contribution in [-0.2, 0) is 11.2 Å². The lowest BCUT2D eigenvalue weighted by Crippen LogP contribution is -2.50. The molecule has 2 fully saturated rings. The molecule has 180 valence electrons. The van der Waals surface area contributed by atoms with Crippen LogP contribution in [0.2, 0.25) is 0 Å². The van der Waals surface area contributed by atoms with Crippen LogP contribution in [-0.4, -0.2) is 56.6 Å². The van der Waals surface area contributed by atoms with Gasteiger partial charge in [-0.05, 0) is 37.5 Å². The molecule has 0 atom stereocenters. The highest BCUT2D eigenvalue weighted by Gasteiger charge is 2.28. The number of fused-ring (bicyclic) bond motifs is 3. The van der Waals surface area contributed by atoms with E-state index in [0.29, 0.717) is 25.4 Å². The molecule has 7 heteroatoms. The highest BCUT2D eigenvalue weighted by Crippen LogP contribution is 2.35. The first-order valence-corrected chi connectivity index (χ1v) is 12.9. The lowest BCUT2D eigenvalue weighted by molar-refractivity contribution is -0.130. The highest BCUT2D eigenvalue weighted by atomic mass is 16.2. The second-order valence-corrected chi connectivity index (χ2v) is 10.0. The van der Waals surface area contributed by atoms with E-state index < -0.39 is 0 Å². The Labute approximate surface area is 205 Å². The summed E-state index contributed by atoms with van der Waals surface area (Å²) in [6, 6.07) is 16.4. The summed E-state index contributed by atoms with van der Waals surface area (Å²) < 4.78 is 2.22. The van der Waals surface area contributed by atoms with Crippen LogP contribution in [0.5, 0.6) is 0 Å². The Bertz CT molecular complexity index is 1350. The molecule has 2 aliphatic rings. The minimum absolute atomic E-state index is 0.190. The van der Waals surface area contributed by atoms with E-state index in [1.165, 1.54) is 24.8 Å². The molecule has 1 aliphatic heterocycles. The van der Waals surface area contributed by atoms with Crippen molar-refractivity contribution in [1.82, 2.24) is 24.5 Å². The minimum Gasteiger partial charge on any atom is -0.339 e. The second-order valence-electron chi connectivity index (χ2n) is 10.0. The normalized spacial score (nSPS) is 17.4. The van der Waals surface area contributed by atoms with E-state index in [4.69, 9.17) is 15.2 Å². The average Bonchev–Trinajstić information content (AvgIpc) is 3.35. The van der Waals surface area contributed by atoms with E-state index in [0.717, 1.165) is 59.8 Å². The molecule has 0 radical (unpaired) electrons. The maximum Gasteiger partial charge on any atom is 0.227 e. The van der Waals surface area contributed by atoms with Gasteiger partial charge in [-0.25, -0.2) is 9.38 Å². The van der Waals surface area contributed by atoms with Crippen molar-refractivity contribution in [2.75, 3.05) is 31.1 Å². The summed E-state index contributed by atoms with van der Waals surface area (Å²) in [6.07, 6.45) is 6.57.